The summed E-state index contributed by atoms with van der Waals surface area (Å²) in [7, 11) is 0. The second-order valence-corrected chi connectivity index (χ2v) is 28.6. The van der Waals surface area contributed by atoms with Crippen molar-refractivity contribution in [3.05, 3.63) is 394 Å². The molecule has 0 bridgehead atoms. The van der Waals surface area contributed by atoms with Gasteiger partial charge in [-0.1, -0.05) is 328 Å². The summed E-state index contributed by atoms with van der Waals surface area (Å²) in [6, 6.07) is 145. The lowest BCUT2D eigenvalue weighted by Gasteiger charge is -2.30. The first-order valence-corrected chi connectivity index (χ1v) is 37.3. The Balaban J connectivity index is 0.00000188. The van der Waals surface area contributed by atoms with Gasteiger partial charge in [0.05, 0.1) is 83.6 Å². The molecule has 22 rings (SSSR count). The molecular weight excluding hydrogens is 1380 g/mol. The molecule has 22 aromatic rings. The van der Waals surface area contributed by atoms with E-state index in [1.807, 2.05) is 0 Å². The highest BCUT2D eigenvalue weighted by molar-refractivity contribution is 6.20. The van der Waals surface area contributed by atoms with E-state index >= 15 is 0 Å². The Kier molecular flexibility index (Phi) is 18.3. The first-order valence-electron chi connectivity index (χ1n) is 37.3. The first-order chi connectivity index (χ1) is 54.1. The van der Waals surface area contributed by atoms with Crippen LogP contribution in [0.2, 0.25) is 0 Å². The van der Waals surface area contributed by atoms with Crippen LogP contribution in [0.3, 0.4) is 0 Å². The second kappa shape index (κ2) is 28.9. The lowest BCUT2D eigenvalue weighted by atomic mass is 10.0. The fourth-order valence-electron chi connectivity index (χ4n) is 17.8. The van der Waals surface area contributed by atoms with E-state index < -0.39 is 0 Å². The van der Waals surface area contributed by atoms with Crippen LogP contribution in [-0.4, -0.2) is 22.8 Å². The van der Waals surface area contributed by atoms with E-state index in [-0.39, 0.29) is 37.1 Å². The standard InChI is InChI=1S/C103H64N6.5CH4/c104-65-88-99(105-93-53-47-72(66-27-7-1-8-28-66)59-82(93)83-60-73(48-54-94(83)105)67-29-9-2-10-30-67)101(107-89-43-23-19-39-78(89)79-40-20-24-44-90(79)107)103(109-97-57-51-76(70-35-15-5-16-36-70)63-86(97)87-64-77(52-58-98(87)109)71-37-17-6-18-38-71)102(108-91-45-25-21-41-80(91)81-42-22-26-46-92(81)108)100(88)106-95-55-49-74(68-31-11-3-12-32-68)61-84(95)85-62-75(50-56-96(85)106)69-33-13-4-14-34-69;;;;;/h1-64H;5*1H4. The van der Waals surface area contributed by atoms with Gasteiger partial charge in [-0.05, 0) is 164 Å². The zero-order valence-electron chi connectivity index (χ0n) is 59.1. The molecule has 0 N–H and O–H groups in total. The van der Waals surface area contributed by atoms with Gasteiger partial charge in [-0.2, -0.15) is 5.26 Å². The predicted octanol–water partition coefficient (Wildman–Crippen LogP) is 30.2. The first kappa shape index (κ1) is 72.1. The normalized spacial score (nSPS) is 11.3. The lowest BCUT2D eigenvalue weighted by molar-refractivity contribution is 0.992. The highest BCUT2D eigenvalue weighted by atomic mass is 15.2. The summed E-state index contributed by atoms with van der Waals surface area (Å²) < 4.78 is 12.6. The van der Waals surface area contributed by atoms with Crippen molar-refractivity contribution in [3.8, 4) is 101 Å². The van der Waals surface area contributed by atoms with Crippen molar-refractivity contribution >= 4 is 109 Å². The largest absolute Gasteiger partial charge is 0.306 e. The molecule has 0 fully saturated rings. The lowest BCUT2D eigenvalue weighted by Crippen LogP contribution is -2.18. The molecule has 0 saturated heterocycles. The number of para-hydroxylation sites is 4. The summed E-state index contributed by atoms with van der Waals surface area (Å²) >= 11 is 0. The molecule has 0 amide bonds. The van der Waals surface area contributed by atoms with Crippen LogP contribution in [0.4, 0.5) is 0 Å². The third kappa shape index (κ3) is 11.1. The monoisotopic (exact) mass is 1460 g/mol. The Morgan fingerprint density at radius 3 is 0.500 bits per heavy atom. The van der Waals surface area contributed by atoms with E-state index in [2.05, 4.69) is 417 Å². The highest BCUT2D eigenvalue weighted by Crippen LogP contribution is 2.53. The number of benzene rings is 17. The minimum Gasteiger partial charge on any atom is -0.306 e. The summed E-state index contributed by atoms with van der Waals surface area (Å²) in [6.45, 7) is 0. The maximum absolute atomic E-state index is 13.9. The van der Waals surface area contributed by atoms with Gasteiger partial charge in [0.15, 0.2) is 0 Å². The number of aromatic nitrogens is 5. The molecule has 114 heavy (non-hydrogen) atoms. The Bertz CT molecular complexity index is 6760. The zero-order valence-corrected chi connectivity index (χ0v) is 59.1. The summed E-state index contributed by atoms with van der Waals surface area (Å²) in [5, 5.41) is 24.6. The van der Waals surface area contributed by atoms with Gasteiger partial charge in [0.2, 0.25) is 0 Å². The SMILES string of the molecule is C.C.C.C.C.N#Cc1c(-n2c3ccc(-c4ccccc4)cc3c3cc(-c4ccccc4)ccc32)c(-n2c3ccccc3c3ccccc32)c(-n2c3ccc(-c4ccccc4)cc3c3cc(-c4ccccc4)ccc32)c(-n2c3ccccc3c3ccccc32)c1-n1c2ccc(-c3ccccc3)cc2c2cc(-c3ccccc3)ccc21. The zero-order chi connectivity index (χ0) is 71.8. The van der Waals surface area contributed by atoms with Gasteiger partial charge >= 0.3 is 0 Å². The molecule has 546 valence electrons. The molecule has 6 nitrogen and oxygen atoms in total. The maximum atomic E-state index is 13.9. The third-order valence-corrected chi connectivity index (χ3v) is 22.7. The number of nitrogens with zero attached hydrogens (tertiary/aromatic N) is 6. The van der Waals surface area contributed by atoms with Crippen LogP contribution >= 0.6 is 0 Å². The molecule has 5 heterocycles. The number of hydrogen-bond donors (Lipinski definition) is 0. The van der Waals surface area contributed by atoms with Gasteiger partial charge in [0.1, 0.15) is 11.6 Å². The number of nitriles is 1. The van der Waals surface area contributed by atoms with E-state index in [4.69, 9.17) is 0 Å². The van der Waals surface area contributed by atoms with Gasteiger partial charge in [0, 0.05) is 53.9 Å². The van der Waals surface area contributed by atoms with Crippen LogP contribution < -0.4 is 0 Å². The van der Waals surface area contributed by atoms with Crippen molar-refractivity contribution in [3.63, 3.8) is 0 Å². The summed E-state index contributed by atoms with van der Waals surface area (Å²) in [5.74, 6) is 0. The molecule has 0 aliphatic rings. The average Bonchev–Trinajstić information content (AvgIpc) is 1.28. The molecule has 0 aliphatic carbocycles. The van der Waals surface area contributed by atoms with Crippen molar-refractivity contribution in [2.45, 2.75) is 37.1 Å². The van der Waals surface area contributed by atoms with Crippen molar-refractivity contribution in [1.29, 1.82) is 5.26 Å². The van der Waals surface area contributed by atoms with Crippen LogP contribution in [0, 0.1) is 11.3 Å². The summed E-state index contributed by atoms with van der Waals surface area (Å²) in [4.78, 5) is 0. The number of fused-ring (bicyclic) bond motifs is 15. The van der Waals surface area contributed by atoms with Crippen LogP contribution in [0.25, 0.3) is 204 Å². The van der Waals surface area contributed by atoms with Crippen LogP contribution in [0.1, 0.15) is 42.7 Å². The fraction of sp³-hybridized carbons (Fsp3) is 0.0463. The Morgan fingerprint density at radius 1 is 0.149 bits per heavy atom. The van der Waals surface area contributed by atoms with E-state index in [0.717, 1.165) is 204 Å². The van der Waals surface area contributed by atoms with Crippen LogP contribution in [-0.2, 0) is 0 Å². The van der Waals surface area contributed by atoms with E-state index in [1.54, 1.807) is 0 Å². The molecule has 6 heteroatoms. The molecule has 0 aliphatic heterocycles. The topological polar surface area (TPSA) is 48.4 Å². The molecule has 17 aromatic carbocycles. The molecule has 0 saturated carbocycles. The fourth-order valence-corrected chi connectivity index (χ4v) is 17.8. The quantitative estimate of drug-likeness (QED) is 0.127. The van der Waals surface area contributed by atoms with Crippen LogP contribution in [0.15, 0.2) is 388 Å². The Labute approximate surface area is 665 Å². The number of rotatable bonds is 11. The van der Waals surface area contributed by atoms with E-state index in [9.17, 15) is 5.26 Å². The smallest absolute Gasteiger partial charge is 0.105 e. The summed E-state index contributed by atoms with van der Waals surface area (Å²) in [5.41, 5.74) is 27.5. The van der Waals surface area contributed by atoms with Gasteiger partial charge in [-0.25, -0.2) is 0 Å². The summed E-state index contributed by atoms with van der Waals surface area (Å²) in [6.07, 6.45) is 0. The molecule has 0 atom stereocenters. The molecular formula is C108H84N6. The maximum Gasteiger partial charge on any atom is 0.105 e. The van der Waals surface area contributed by atoms with Gasteiger partial charge in [-0.3, -0.25) is 0 Å². The third-order valence-electron chi connectivity index (χ3n) is 22.7. The van der Waals surface area contributed by atoms with Crippen molar-refractivity contribution < 1.29 is 0 Å². The molecule has 5 aromatic heterocycles. The van der Waals surface area contributed by atoms with E-state index in [0.29, 0.717) is 5.56 Å². The van der Waals surface area contributed by atoms with Gasteiger partial charge in [-0.15, -0.1) is 0 Å². The van der Waals surface area contributed by atoms with Crippen molar-refractivity contribution in [2.75, 3.05) is 0 Å². The highest BCUT2D eigenvalue weighted by Gasteiger charge is 2.37. The van der Waals surface area contributed by atoms with Crippen molar-refractivity contribution in [2.24, 2.45) is 0 Å². The molecule has 0 radical (unpaired) electrons. The van der Waals surface area contributed by atoms with Crippen LogP contribution in [0.5, 0.6) is 0 Å². The van der Waals surface area contributed by atoms with Gasteiger partial charge in [0.25, 0.3) is 0 Å². The predicted molar refractivity (Wildman–Crippen MR) is 489 cm³/mol. The minimum atomic E-state index is 0. The average molecular weight is 1470 g/mol. The van der Waals surface area contributed by atoms with E-state index in [1.165, 1.54) is 0 Å². The minimum absolute atomic E-state index is 0. The molecule has 0 unspecified atom stereocenters. The second-order valence-electron chi connectivity index (χ2n) is 28.6. The Morgan fingerprint density at radius 2 is 0.307 bits per heavy atom. The van der Waals surface area contributed by atoms with Crippen molar-refractivity contribution in [1.82, 2.24) is 22.8 Å². The molecule has 0 spiro atoms. The van der Waals surface area contributed by atoms with Gasteiger partial charge < -0.3 is 22.8 Å². The number of hydrogen-bond acceptors (Lipinski definition) is 1. The Hall–Kier alpha value is -14.8.